The molecule has 1 atom stereocenters. The molecule has 3 heterocycles. The first-order valence-corrected chi connectivity index (χ1v) is 12.5. The van der Waals surface area contributed by atoms with Crippen molar-refractivity contribution >= 4 is 28.4 Å². The van der Waals surface area contributed by atoms with Crippen LogP contribution < -0.4 is 21.1 Å². The Morgan fingerprint density at radius 1 is 1.18 bits per heavy atom. The lowest BCUT2D eigenvalue weighted by molar-refractivity contribution is -0.134. The molecule has 2 aromatic carbocycles. The number of piperidine rings is 1. The van der Waals surface area contributed by atoms with Gasteiger partial charge >= 0.3 is 0 Å². The zero-order valence-electron chi connectivity index (χ0n) is 21.8. The summed E-state index contributed by atoms with van der Waals surface area (Å²) in [4.78, 5) is 25.3. The van der Waals surface area contributed by atoms with Crippen LogP contribution in [0.4, 0.5) is 15.9 Å². The van der Waals surface area contributed by atoms with E-state index in [2.05, 4.69) is 14.9 Å². The van der Waals surface area contributed by atoms with Crippen LogP contribution in [0.15, 0.2) is 55.0 Å². The number of carbonyl (C=O) groups excluding carboxylic acids is 1. The highest BCUT2D eigenvalue weighted by Crippen LogP contribution is 2.34. The third kappa shape index (κ3) is 4.63. The van der Waals surface area contributed by atoms with Crippen LogP contribution in [-0.4, -0.2) is 65.2 Å². The predicted molar refractivity (Wildman–Crippen MR) is 146 cm³/mol. The van der Waals surface area contributed by atoms with E-state index in [1.54, 1.807) is 44.7 Å². The molecule has 2 aromatic heterocycles. The molecule has 0 aliphatic carbocycles. The van der Waals surface area contributed by atoms with Crippen molar-refractivity contribution in [3.8, 4) is 16.9 Å². The molecular weight excluding hydrogens is 485 g/mol. The van der Waals surface area contributed by atoms with Crippen molar-refractivity contribution in [3.63, 3.8) is 0 Å². The van der Waals surface area contributed by atoms with Crippen LogP contribution in [0.2, 0.25) is 0 Å². The highest BCUT2D eigenvalue weighted by molar-refractivity contribution is 5.90. The van der Waals surface area contributed by atoms with E-state index in [0.29, 0.717) is 36.6 Å². The van der Waals surface area contributed by atoms with Gasteiger partial charge in [-0.3, -0.25) is 4.79 Å². The second kappa shape index (κ2) is 9.94. The van der Waals surface area contributed by atoms with Crippen molar-refractivity contribution < 1.29 is 13.9 Å². The van der Waals surface area contributed by atoms with Crippen molar-refractivity contribution in [2.75, 3.05) is 44.9 Å². The number of nitrogen functional groups attached to an aromatic ring is 1. The van der Waals surface area contributed by atoms with Gasteiger partial charge in [0.2, 0.25) is 5.91 Å². The van der Waals surface area contributed by atoms with Crippen LogP contribution in [0.3, 0.4) is 0 Å². The molecule has 0 saturated carbocycles. The summed E-state index contributed by atoms with van der Waals surface area (Å²) in [5, 5.41) is 0. The largest absolute Gasteiger partial charge is 0.493 e. The molecule has 0 radical (unpaired) electrons. The average Bonchev–Trinajstić information content (AvgIpc) is 3.33. The lowest BCUT2D eigenvalue weighted by atomic mass is 9.88. The Bertz CT molecular complexity index is 1500. The summed E-state index contributed by atoms with van der Waals surface area (Å²) in [6.07, 6.45) is 4.70. The molecule has 0 bridgehead atoms. The first-order chi connectivity index (χ1) is 18.2. The summed E-state index contributed by atoms with van der Waals surface area (Å²) in [6.45, 7) is 1.59. The molecule has 4 aromatic rings. The van der Waals surface area contributed by atoms with Crippen LogP contribution in [-0.2, 0) is 11.3 Å². The predicted octanol–water partition coefficient (Wildman–Crippen LogP) is 3.26. The normalized spacial score (nSPS) is 17.6. The lowest BCUT2D eigenvalue weighted by Crippen LogP contribution is -2.62. The number of carbonyl (C=O) groups is 1. The van der Waals surface area contributed by atoms with Gasteiger partial charge in [0.25, 0.3) is 0 Å². The van der Waals surface area contributed by atoms with Crippen molar-refractivity contribution in [3.05, 3.63) is 66.4 Å². The highest BCUT2D eigenvalue weighted by atomic mass is 19.1. The fourth-order valence-corrected chi connectivity index (χ4v) is 5.31. The number of rotatable bonds is 6. The van der Waals surface area contributed by atoms with E-state index in [4.69, 9.17) is 16.2 Å². The van der Waals surface area contributed by atoms with E-state index >= 15 is 0 Å². The maximum atomic E-state index is 14.0. The number of hydrogen-bond donors (Lipinski definition) is 2. The van der Waals surface area contributed by atoms with Crippen LogP contribution in [0.25, 0.3) is 22.2 Å². The maximum Gasteiger partial charge on any atom is 0.243 e. The van der Waals surface area contributed by atoms with Gasteiger partial charge in [-0.2, -0.15) is 0 Å². The molecule has 4 N–H and O–H groups in total. The molecular formula is C28H32FN7O2. The minimum Gasteiger partial charge on any atom is -0.493 e. The fourth-order valence-electron chi connectivity index (χ4n) is 5.31. The fraction of sp³-hybridized carbons (Fsp3) is 0.321. The van der Waals surface area contributed by atoms with Crippen molar-refractivity contribution in [2.45, 2.75) is 24.9 Å². The molecule has 1 aliphatic rings. The van der Waals surface area contributed by atoms with Crippen LogP contribution in [0.5, 0.6) is 5.75 Å². The minimum atomic E-state index is -0.981. The number of amides is 1. The smallest absolute Gasteiger partial charge is 0.243 e. The van der Waals surface area contributed by atoms with Gasteiger partial charge in [0.05, 0.1) is 26.2 Å². The van der Waals surface area contributed by atoms with Crippen LogP contribution in [0.1, 0.15) is 18.4 Å². The molecule has 0 spiro atoms. The Balaban J connectivity index is 1.61. The summed E-state index contributed by atoms with van der Waals surface area (Å²) in [7, 11) is 5.04. The maximum absolute atomic E-state index is 14.0. The summed E-state index contributed by atoms with van der Waals surface area (Å²) in [6, 6.07) is 12.6. The average molecular weight is 518 g/mol. The Morgan fingerprint density at radius 3 is 2.71 bits per heavy atom. The van der Waals surface area contributed by atoms with Gasteiger partial charge in [-0.15, -0.1) is 0 Å². The second-order valence-electron chi connectivity index (χ2n) is 10.0. The summed E-state index contributed by atoms with van der Waals surface area (Å²) in [5.74, 6) is 0.491. The first-order valence-electron chi connectivity index (χ1n) is 12.5. The van der Waals surface area contributed by atoms with Crippen molar-refractivity contribution in [1.29, 1.82) is 0 Å². The molecule has 10 heteroatoms. The third-order valence-electron chi connectivity index (χ3n) is 7.13. The van der Waals surface area contributed by atoms with E-state index < -0.39 is 5.54 Å². The van der Waals surface area contributed by atoms with E-state index in [9.17, 15) is 9.18 Å². The number of aromatic nitrogens is 3. The summed E-state index contributed by atoms with van der Waals surface area (Å²) in [5.41, 5.74) is 16.6. The molecule has 1 aliphatic heterocycles. The third-order valence-corrected chi connectivity index (χ3v) is 7.13. The minimum absolute atomic E-state index is 0.0894. The molecule has 198 valence electrons. The topological polar surface area (TPSA) is 116 Å². The molecule has 1 saturated heterocycles. The van der Waals surface area contributed by atoms with Gasteiger partial charge in [-0.05, 0) is 53.8 Å². The van der Waals surface area contributed by atoms with Gasteiger partial charge in [0.1, 0.15) is 22.4 Å². The molecule has 38 heavy (non-hydrogen) atoms. The number of methoxy groups -OCH3 is 1. The van der Waals surface area contributed by atoms with E-state index in [0.717, 1.165) is 40.9 Å². The summed E-state index contributed by atoms with van der Waals surface area (Å²) < 4.78 is 21.6. The van der Waals surface area contributed by atoms with E-state index in [-0.39, 0.29) is 11.7 Å². The number of fused-ring (bicyclic) bond motifs is 1. The van der Waals surface area contributed by atoms with Crippen molar-refractivity contribution in [2.24, 2.45) is 5.73 Å². The number of ether oxygens (including phenoxy) is 1. The van der Waals surface area contributed by atoms with E-state index in [1.165, 1.54) is 12.1 Å². The first kappa shape index (κ1) is 25.5. The number of likely N-dealkylation sites (N-methyl/N-ethyl adjacent to an activating group) is 1. The number of hydrogen-bond acceptors (Lipinski definition) is 7. The number of anilines is 2. The molecule has 1 fully saturated rings. The Labute approximate surface area is 220 Å². The van der Waals surface area contributed by atoms with Gasteiger partial charge in [-0.25, -0.2) is 14.4 Å². The van der Waals surface area contributed by atoms with Gasteiger partial charge in [0.15, 0.2) is 11.6 Å². The quantitative estimate of drug-likeness (QED) is 0.403. The number of nitrogens with zero attached hydrogens (tertiary/aromatic N) is 5. The zero-order valence-corrected chi connectivity index (χ0v) is 21.8. The number of benzene rings is 2. The number of pyridine rings is 1. The number of imidazole rings is 1. The standard InChI is InChI=1S/C28H32FN7O2/c1-34(2)27(37)28(31)10-5-11-35(16-28)22-9-8-19(18-6-4-7-21(29)13-18)12-20(22)15-36-17-33-24-25(36)23(38-3)14-32-26(24)30/h4,6-9,12-14,17H,5,10-11,15-16,31H2,1-3H3,(H2,30,32). The Morgan fingerprint density at radius 2 is 1.97 bits per heavy atom. The van der Waals surface area contributed by atoms with Gasteiger partial charge in [0, 0.05) is 32.9 Å². The van der Waals surface area contributed by atoms with Crippen molar-refractivity contribution in [1.82, 2.24) is 19.4 Å². The zero-order chi connectivity index (χ0) is 27.0. The SMILES string of the molecule is COc1cnc(N)c2ncn(Cc3cc(-c4cccc(F)c4)ccc3N3CCCC(N)(C(=O)N(C)C)C3)c12. The van der Waals surface area contributed by atoms with Crippen LogP contribution >= 0.6 is 0 Å². The van der Waals surface area contributed by atoms with Gasteiger partial charge in [-0.1, -0.05) is 18.2 Å². The number of halogens is 1. The van der Waals surface area contributed by atoms with Gasteiger partial charge < -0.3 is 30.6 Å². The molecule has 1 unspecified atom stereocenters. The monoisotopic (exact) mass is 517 g/mol. The lowest BCUT2D eigenvalue weighted by Gasteiger charge is -2.42. The molecule has 5 rings (SSSR count). The molecule has 1 amide bonds. The molecule has 9 nitrogen and oxygen atoms in total. The number of nitrogens with two attached hydrogens (primary N) is 2. The van der Waals surface area contributed by atoms with Crippen LogP contribution in [0, 0.1) is 5.82 Å². The summed E-state index contributed by atoms with van der Waals surface area (Å²) >= 11 is 0. The van der Waals surface area contributed by atoms with E-state index in [1.807, 2.05) is 28.8 Å². The second-order valence-corrected chi connectivity index (χ2v) is 10.0. The Hall–Kier alpha value is -4.18. The Kier molecular flexibility index (Phi) is 6.66. The highest BCUT2D eigenvalue weighted by Gasteiger charge is 2.40.